The Morgan fingerprint density at radius 2 is 1.65 bits per heavy atom. The van der Waals surface area contributed by atoms with Crippen molar-refractivity contribution in [2.45, 2.75) is 33.6 Å². The van der Waals surface area contributed by atoms with Gasteiger partial charge in [-0.3, -0.25) is 9.59 Å². The Morgan fingerprint density at radius 3 is 2.15 bits per heavy atom. The molecular weight excluding hydrogens is 248 g/mol. The molecule has 0 saturated heterocycles. The normalized spacial score (nSPS) is 27.5. The van der Waals surface area contributed by atoms with Crippen molar-refractivity contribution >= 4 is 17.6 Å². The van der Waals surface area contributed by atoms with Gasteiger partial charge in [0.2, 0.25) is 0 Å². The van der Waals surface area contributed by atoms with Gasteiger partial charge in [-0.05, 0) is 24.3 Å². The molecule has 0 aromatic heterocycles. The molecule has 0 atom stereocenters. The molecule has 106 valence electrons. The van der Waals surface area contributed by atoms with Crippen molar-refractivity contribution in [1.82, 2.24) is 0 Å². The lowest BCUT2D eigenvalue weighted by atomic mass is 9.64. The smallest absolute Gasteiger partial charge is 0.146 e. The molecule has 0 heterocycles. The molecule has 0 unspecified atom stereocenters. The maximum atomic E-state index is 12.3. The standard InChI is InChI=1S/C18H22O2/c1-13(2)18(3)16(19)11-15(12-17(18)20)10-9-14-7-5-4-6-8-14/h4-10,13,15H,11-12H2,1-3H3/b10-9+. The van der Waals surface area contributed by atoms with E-state index in [1.165, 1.54) is 0 Å². The third-order valence-electron chi connectivity index (χ3n) is 4.57. The first-order chi connectivity index (χ1) is 9.44. The van der Waals surface area contributed by atoms with Gasteiger partial charge in [0, 0.05) is 12.8 Å². The van der Waals surface area contributed by atoms with Crippen molar-refractivity contribution in [1.29, 1.82) is 0 Å². The molecule has 2 rings (SSSR count). The van der Waals surface area contributed by atoms with Gasteiger partial charge in [-0.15, -0.1) is 0 Å². The van der Waals surface area contributed by atoms with Gasteiger partial charge in [-0.2, -0.15) is 0 Å². The highest BCUT2D eigenvalue weighted by Gasteiger charge is 2.47. The van der Waals surface area contributed by atoms with Gasteiger partial charge in [0.25, 0.3) is 0 Å². The van der Waals surface area contributed by atoms with Crippen LogP contribution < -0.4 is 0 Å². The third kappa shape index (κ3) is 2.74. The fourth-order valence-electron chi connectivity index (χ4n) is 2.72. The van der Waals surface area contributed by atoms with E-state index in [0.29, 0.717) is 12.8 Å². The first kappa shape index (κ1) is 14.7. The summed E-state index contributed by atoms with van der Waals surface area (Å²) in [5.74, 6) is 0.293. The molecule has 1 fully saturated rings. The van der Waals surface area contributed by atoms with Crippen LogP contribution in [0.2, 0.25) is 0 Å². The zero-order valence-corrected chi connectivity index (χ0v) is 12.4. The highest BCUT2D eigenvalue weighted by molar-refractivity contribution is 6.09. The fraction of sp³-hybridized carbons (Fsp3) is 0.444. The predicted molar refractivity (Wildman–Crippen MR) is 81.2 cm³/mol. The van der Waals surface area contributed by atoms with Crippen LogP contribution in [0, 0.1) is 17.3 Å². The lowest BCUT2D eigenvalue weighted by molar-refractivity contribution is -0.147. The van der Waals surface area contributed by atoms with Gasteiger partial charge in [0.05, 0.1) is 5.41 Å². The third-order valence-corrected chi connectivity index (χ3v) is 4.57. The number of allylic oxidation sites excluding steroid dienone is 1. The van der Waals surface area contributed by atoms with E-state index in [1.54, 1.807) is 6.92 Å². The maximum Gasteiger partial charge on any atom is 0.146 e. The van der Waals surface area contributed by atoms with E-state index in [9.17, 15) is 9.59 Å². The number of hydrogen-bond donors (Lipinski definition) is 0. The zero-order chi connectivity index (χ0) is 14.8. The molecule has 0 radical (unpaired) electrons. The average Bonchev–Trinajstić information content (AvgIpc) is 2.43. The molecule has 1 aliphatic carbocycles. The van der Waals surface area contributed by atoms with Gasteiger partial charge >= 0.3 is 0 Å². The van der Waals surface area contributed by atoms with Crippen molar-refractivity contribution in [2.24, 2.45) is 17.3 Å². The maximum absolute atomic E-state index is 12.3. The van der Waals surface area contributed by atoms with Crippen molar-refractivity contribution in [2.75, 3.05) is 0 Å². The van der Waals surface area contributed by atoms with Gasteiger partial charge in [-0.25, -0.2) is 0 Å². The van der Waals surface area contributed by atoms with E-state index in [-0.39, 0.29) is 23.4 Å². The summed E-state index contributed by atoms with van der Waals surface area (Å²) in [6.07, 6.45) is 4.96. The molecule has 0 aliphatic heterocycles. The van der Waals surface area contributed by atoms with E-state index < -0.39 is 5.41 Å². The number of Topliss-reactive ketones (excluding diaryl/α,β-unsaturated/α-hetero) is 2. The summed E-state index contributed by atoms with van der Waals surface area (Å²) in [4.78, 5) is 24.7. The van der Waals surface area contributed by atoms with Crippen LogP contribution in [0.1, 0.15) is 39.2 Å². The van der Waals surface area contributed by atoms with Crippen LogP contribution in [-0.4, -0.2) is 11.6 Å². The van der Waals surface area contributed by atoms with Crippen LogP contribution in [0.5, 0.6) is 0 Å². The fourth-order valence-corrected chi connectivity index (χ4v) is 2.72. The van der Waals surface area contributed by atoms with E-state index in [4.69, 9.17) is 0 Å². The SMILES string of the molecule is CC(C)C1(C)C(=O)CC(/C=C/c2ccccc2)CC1=O. The number of ketones is 2. The summed E-state index contributed by atoms with van der Waals surface area (Å²) in [5, 5.41) is 0. The number of rotatable bonds is 3. The molecule has 1 aliphatic rings. The molecule has 1 saturated carbocycles. The lowest BCUT2D eigenvalue weighted by Gasteiger charge is -2.36. The van der Waals surface area contributed by atoms with E-state index in [2.05, 4.69) is 0 Å². The van der Waals surface area contributed by atoms with Crippen molar-refractivity contribution in [3.05, 3.63) is 42.0 Å². The Balaban J connectivity index is 2.10. The first-order valence-electron chi connectivity index (χ1n) is 7.24. The molecule has 0 N–H and O–H groups in total. The van der Waals surface area contributed by atoms with Gasteiger partial charge in [0.15, 0.2) is 0 Å². The summed E-state index contributed by atoms with van der Waals surface area (Å²) < 4.78 is 0. The number of carbonyl (C=O) groups excluding carboxylic acids is 2. The molecule has 2 heteroatoms. The van der Waals surface area contributed by atoms with Crippen LogP contribution in [0.15, 0.2) is 36.4 Å². The number of hydrogen-bond acceptors (Lipinski definition) is 2. The van der Waals surface area contributed by atoms with Crippen molar-refractivity contribution in [3.63, 3.8) is 0 Å². The van der Waals surface area contributed by atoms with Crippen LogP contribution in [0.4, 0.5) is 0 Å². The summed E-state index contributed by atoms with van der Waals surface area (Å²) >= 11 is 0. The van der Waals surface area contributed by atoms with Crippen LogP contribution in [0.3, 0.4) is 0 Å². The Labute approximate surface area is 120 Å². The highest BCUT2D eigenvalue weighted by atomic mass is 16.2. The Hall–Kier alpha value is -1.70. The summed E-state index contributed by atoms with van der Waals surface area (Å²) in [5.41, 5.74) is 0.321. The summed E-state index contributed by atoms with van der Waals surface area (Å²) in [7, 11) is 0. The molecule has 20 heavy (non-hydrogen) atoms. The van der Waals surface area contributed by atoms with Gasteiger partial charge in [-0.1, -0.05) is 56.3 Å². The second-order valence-corrected chi connectivity index (χ2v) is 6.14. The van der Waals surface area contributed by atoms with Gasteiger partial charge in [0.1, 0.15) is 11.6 Å². The Kier molecular flexibility index (Phi) is 4.22. The summed E-state index contributed by atoms with van der Waals surface area (Å²) in [6.45, 7) is 5.71. The van der Waals surface area contributed by atoms with Crippen molar-refractivity contribution in [3.8, 4) is 0 Å². The minimum atomic E-state index is -0.781. The molecule has 2 nitrogen and oxygen atoms in total. The Bertz CT molecular complexity index is 508. The monoisotopic (exact) mass is 270 g/mol. The zero-order valence-electron chi connectivity index (χ0n) is 12.4. The van der Waals surface area contributed by atoms with Crippen LogP contribution >= 0.6 is 0 Å². The lowest BCUT2D eigenvalue weighted by Crippen LogP contribution is -2.46. The second-order valence-electron chi connectivity index (χ2n) is 6.14. The topological polar surface area (TPSA) is 34.1 Å². The van der Waals surface area contributed by atoms with Crippen LogP contribution in [0.25, 0.3) is 6.08 Å². The summed E-state index contributed by atoms with van der Waals surface area (Å²) in [6, 6.07) is 9.96. The molecule has 1 aromatic carbocycles. The molecular formula is C18H22O2. The molecule has 0 bridgehead atoms. The van der Waals surface area contributed by atoms with Gasteiger partial charge < -0.3 is 0 Å². The first-order valence-corrected chi connectivity index (χ1v) is 7.24. The quantitative estimate of drug-likeness (QED) is 0.780. The van der Waals surface area contributed by atoms with Crippen molar-refractivity contribution < 1.29 is 9.59 Å². The largest absolute Gasteiger partial charge is 0.299 e. The number of carbonyl (C=O) groups is 2. The minimum absolute atomic E-state index is 0.0435. The average molecular weight is 270 g/mol. The number of benzene rings is 1. The minimum Gasteiger partial charge on any atom is -0.299 e. The molecule has 1 aromatic rings. The Morgan fingerprint density at radius 1 is 1.10 bits per heavy atom. The van der Waals surface area contributed by atoms with E-state index in [0.717, 1.165) is 5.56 Å². The molecule has 0 amide bonds. The second kappa shape index (κ2) is 5.74. The predicted octanol–water partition coefficient (Wildman–Crippen LogP) is 3.91. The van der Waals surface area contributed by atoms with E-state index >= 15 is 0 Å². The highest BCUT2D eigenvalue weighted by Crippen LogP contribution is 2.39. The van der Waals surface area contributed by atoms with Crippen LogP contribution in [-0.2, 0) is 9.59 Å². The van der Waals surface area contributed by atoms with E-state index in [1.807, 2.05) is 56.3 Å². The molecule has 0 spiro atoms.